The number of carbonyl (C=O) groups excluding carboxylic acids is 1. The Kier molecular flexibility index (Phi) is 5.67. The molecule has 0 saturated heterocycles. The summed E-state index contributed by atoms with van der Waals surface area (Å²) in [6, 6.07) is 19.4. The number of aromatic nitrogens is 2. The van der Waals surface area contributed by atoms with Gasteiger partial charge in [0.15, 0.2) is 0 Å². The Morgan fingerprint density at radius 2 is 1.71 bits per heavy atom. The average Bonchev–Trinajstić information content (AvgIpc) is 3.17. The van der Waals surface area contributed by atoms with Crippen LogP contribution in [0.1, 0.15) is 13.0 Å². The maximum absolute atomic E-state index is 12.8. The molecular weight excluding hydrogens is 436 g/mol. The molecule has 1 aromatic heterocycles. The SMILES string of the molecule is CC(C(=O)Nc1cccc(NS(=O)(=O)c2ccc(Cl)cc2)c1)n1cnc2ccccc21. The molecule has 0 fully saturated rings. The Labute approximate surface area is 184 Å². The van der Waals surface area contributed by atoms with Crippen molar-refractivity contribution in [1.29, 1.82) is 0 Å². The molecule has 0 saturated carbocycles. The molecule has 1 heterocycles. The Morgan fingerprint density at radius 3 is 2.48 bits per heavy atom. The van der Waals surface area contributed by atoms with E-state index >= 15 is 0 Å². The highest BCUT2D eigenvalue weighted by Gasteiger charge is 2.18. The van der Waals surface area contributed by atoms with Gasteiger partial charge in [-0.15, -0.1) is 0 Å². The minimum absolute atomic E-state index is 0.0898. The van der Waals surface area contributed by atoms with Crippen LogP contribution in [0.2, 0.25) is 5.02 Å². The maximum atomic E-state index is 12.8. The number of imidazole rings is 1. The summed E-state index contributed by atoms with van der Waals surface area (Å²) < 4.78 is 29.5. The van der Waals surface area contributed by atoms with E-state index in [0.29, 0.717) is 16.4 Å². The molecule has 1 atom stereocenters. The number of carbonyl (C=O) groups is 1. The van der Waals surface area contributed by atoms with Gasteiger partial charge in [-0.1, -0.05) is 29.8 Å². The second kappa shape index (κ2) is 8.41. The monoisotopic (exact) mass is 454 g/mol. The van der Waals surface area contributed by atoms with Crippen molar-refractivity contribution >= 4 is 49.9 Å². The quantitative estimate of drug-likeness (QED) is 0.442. The molecule has 4 rings (SSSR count). The van der Waals surface area contributed by atoms with Crippen LogP contribution in [-0.4, -0.2) is 23.9 Å². The molecule has 0 aliphatic carbocycles. The zero-order chi connectivity index (χ0) is 22.0. The second-order valence-corrected chi connectivity index (χ2v) is 9.06. The highest BCUT2D eigenvalue weighted by atomic mass is 35.5. The van der Waals surface area contributed by atoms with Crippen molar-refractivity contribution in [3.63, 3.8) is 0 Å². The van der Waals surface area contributed by atoms with Gasteiger partial charge in [-0.25, -0.2) is 13.4 Å². The number of para-hydroxylation sites is 2. The van der Waals surface area contributed by atoms with Gasteiger partial charge in [-0.3, -0.25) is 9.52 Å². The number of nitrogens with zero attached hydrogens (tertiary/aromatic N) is 2. The zero-order valence-electron chi connectivity index (χ0n) is 16.5. The number of hydrogen-bond acceptors (Lipinski definition) is 4. The summed E-state index contributed by atoms with van der Waals surface area (Å²) in [6.07, 6.45) is 1.63. The fourth-order valence-electron chi connectivity index (χ4n) is 3.15. The van der Waals surface area contributed by atoms with Crippen molar-refractivity contribution in [2.75, 3.05) is 10.0 Å². The average molecular weight is 455 g/mol. The summed E-state index contributed by atoms with van der Waals surface area (Å²) in [5.74, 6) is -0.249. The van der Waals surface area contributed by atoms with Gasteiger partial charge in [0, 0.05) is 10.7 Å². The van der Waals surface area contributed by atoms with Gasteiger partial charge >= 0.3 is 0 Å². The van der Waals surface area contributed by atoms with Crippen molar-refractivity contribution in [2.45, 2.75) is 17.9 Å². The summed E-state index contributed by atoms with van der Waals surface area (Å²) in [5, 5.41) is 3.28. The number of anilines is 2. The molecule has 2 N–H and O–H groups in total. The van der Waals surface area contributed by atoms with E-state index in [4.69, 9.17) is 11.6 Å². The van der Waals surface area contributed by atoms with E-state index in [1.165, 1.54) is 24.3 Å². The lowest BCUT2D eigenvalue weighted by atomic mass is 10.2. The van der Waals surface area contributed by atoms with Crippen molar-refractivity contribution in [2.24, 2.45) is 0 Å². The fourth-order valence-corrected chi connectivity index (χ4v) is 4.32. The van der Waals surface area contributed by atoms with E-state index in [9.17, 15) is 13.2 Å². The minimum Gasteiger partial charge on any atom is -0.324 e. The van der Waals surface area contributed by atoms with E-state index < -0.39 is 16.1 Å². The summed E-state index contributed by atoms with van der Waals surface area (Å²) in [5.41, 5.74) is 2.46. The third-order valence-corrected chi connectivity index (χ3v) is 6.43. The molecule has 1 unspecified atom stereocenters. The van der Waals surface area contributed by atoms with Crippen LogP contribution in [0.15, 0.2) is 84.0 Å². The second-order valence-electron chi connectivity index (χ2n) is 6.95. The number of rotatable bonds is 6. The molecule has 0 aliphatic heterocycles. The van der Waals surface area contributed by atoms with Gasteiger partial charge in [0.25, 0.3) is 10.0 Å². The number of halogens is 1. The van der Waals surface area contributed by atoms with Crippen LogP contribution in [0.5, 0.6) is 0 Å². The Balaban J connectivity index is 1.50. The van der Waals surface area contributed by atoms with E-state index in [1.54, 1.807) is 42.1 Å². The molecule has 3 aromatic carbocycles. The predicted molar refractivity (Wildman–Crippen MR) is 122 cm³/mol. The Bertz CT molecular complexity index is 1350. The fraction of sp³-hybridized carbons (Fsp3) is 0.0909. The van der Waals surface area contributed by atoms with Crippen molar-refractivity contribution in [1.82, 2.24) is 9.55 Å². The number of hydrogen-bond donors (Lipinski definition) is 2. The summed E-state index contributed by atoms with van der Waals surface area (Å²) in [6.45, 7) is 1.77. The molecule has 9 heteroatoms. The number of sulfonamides is 1. The van der Waals surface area contributed by atoms with Crippen LogP contribution in [-0.2, 0) is 14.8 Å². The lowest BCUT2D eigenvalue weighted by Crippen LogP contribution is -2.23. The van der Waals surface area contributed by atoms with Gasteiger partial charge in [0.2, 0.25) is 5.91 Å². The predicted octanol–water partition coefficient (Wildman–Crippen LogP) is 4.69. The zero-order valence-corrected chi connectivity index (χ0v) is 18.1. The standard InChI is InChI=1S/C22H19ClN4O3S/c1-15(27-14-24-20-7-2-3-8-21(20)27)22(28)25-17-5-4-6-18(13-17)26-31(29,30)19-11-9-16(23)10-12-19/h2-15,26H,1H3,(H,25,28). The van der Waals surface area contributed by atoms with Crippen LogP contribution < -0.4 is 10.0 Å². The molecule has 0 bridgehead atoms. The first-order chi connectivity index (χ1) is 14.8. The number of fused-ring (bicyclic) bond motifs is 1. The van der Waals surface area contributed by atoms with Crippen molar-refractivity contribution in [3.8, 4) is 0 Å². The van der Waals surface area contributed by atoms with E-state index in [-0.39, 0.29) is 10.8 Å². The molecule has 7 nitrogen and oxygen atoms in total. The number of amides is 1. The van der Waals surface area contributed by atoms with Gasteiger partial charge < -0.3 is 9.88 Å². The molecule has 0 aliphatic rings. The molecule has 0 spiro atoms. The normalized spacial score (nSPS) is 12.5. The first-order valence-electron chi connectivity index (χ1n) is 9.44. The molecule has 0 radical (unpaired) electrons. The summed E-state index contributed by atoms with van der Waals surface area (Å²) in [4.78, 5) is 17.2. The van der Waals surface area contributed by atoms with E-state index in [0.717, 1.165) is 11.0 Å². The Hall–Kier alpha value is -3.36. The lowest BCUT2D eigenvalue weighted by molar-refractivity contribution is -0.118. The van der Waals surface area contributed by atoms with Gasteiger partial charge in [0.1, 0.15) is 6.04 Å². The number of benzene rings is 3. The number of nitrogens with one attached hydrogen (secondary N) is 2. The maximum Gasteiger partial charge on any atom is 0.261 e. The van der Waals surface area contributed by atoms with Crippen LogP contribution in [0.25, 0.3) is 11.0 Å². The molecule has 1 amide bonds. The largest absolute Gasteiger partial charge is 0.324 e. The summed E-state index contributed by atoms with van der Waals surface area (Å²) >= 11 is 5.82. The van der Waals surface area contributed by atoms with Gasteiger partial charge in [-0.2, -0.15) is 0 Å². The van der Waals surface area contributed by atoms with Crippen LogP contribution in [0.4, 0.5) is 11.4 Å². The van der Waals surface area contributed by atoms with Gasteiger partial charge in [0.05, 0.1) is 27.9 Å². The lowest BCUT2D eigenvalue weighted by Gasteiger charge is -2.15. The topological polar surface area (TPSA) is 93.1 Å². The first kappa shape index (κ1) is 20.9. The van der Waals surface area contributed by atoms with E-state index in [2.05, 4.69) is 15.0 Å². The molecule has 4 aromatic rings. The van der Waals surface area contributed by atoms with Crippen molar-refractivity contribution < 1.29 is 13.2 Å². The van der Waals surface area contributed by atoms with E-state index in [1.807, 2.05) is 24.3 Å². The molecular formula is C22H19ClN4O3S. The van der Waals surface area contributed by atoms with Crippen LogP contribution >= 0.6 is 11.6 Å². The minimum atomic E-state index is -3.79. The highest BCUT2D eigenvalue weighted by molar-refractivity contribution is 7.92. The van der Waals surface area contributed by atoms with Crippen LogP contribution in [0.3, 0.4) is 0 Å². The molecule has 158 valence electrons. The Morgan fingerprint density at radius 1 is 1.00 bits per heavy atom. The van der Waals surface area contributed by atoms with Crippen LogP contribution in [0, 0.1) is 0 Å². The third-order valence-electron chi connectivity index (χ3n) is 4.78. The van der Waals surface area contributed by atoms with Crippen molar-refractivity contribution in [3.05, 3.63) is 84.1 Å². The smallest absolute Gasteiger partial charge is 0.261 e. The highest BCUT2D eigenvalue weighted by Crippen LogP contribution is 2.23. The summed E-state index contributed by atoms with van der Waals surface area (Å²) in [7, 11) is -3.79. The first-order valence-corrected chi connectivity index (χ1v) is 11.3. The van der Waals surface area contributed by atoms with Gasteiger partial charge in [-0.05, 0) is 61.5 Å². The molecule has 31 heavy (non-hydrogen) atoms. The third kappa shape index (κ3) is 4.55.